The number of halogens is 1. The Balaban J connectivity index is 1.96. The van der Waals surface area contributed by atoms with Crippen molar-refractivity contribution in [1.29, 1.82) is 0 Å². The Bertz CT molecular complexity index is 897. The molecule has 0 aliphatic carbocycles. The van der Waals surface area contributed by atoms with Crippen LogP contribution in [0.1, 0.15) is 35.7 Å². The fourth-order valence-electron chi connectivity index (χ4n) is 3.58. The Labute approximate surface area is 177 Å². The van der Waals surface area contributed by atoms with Crippen LogP contribution in [0.25, 0.3) is 0 Å². The molecule has 0 spiro atoms. The van der Waals surface area contributed by atoms with E-state index in [0.717, 1.165) is 16.7 Å². The lowest BCUT2D eigenvalue weighted by Crippen LogP contribution is -2.36. The summed E-state index contributed by atoms with van der Waals surface area (Å²) in [7, 11) is 1.44. The van der Waals surface area contributed by atoms with Crippen LogP contribution in [-0.4, -0.2) is 13.1 Å². The number of hydrogen-bond donors (Lipinski definition) is 1. The van der Waals surface area contributed by atoms with Crippen LogP contribution in [0, 0.1) is 5.92 Å². The molecule has 4 heteroatoms. The summed E-state index contributed by atoms with van der Waals surface area (Å²) in [5, 5.41) is 4.33. The molecule has 0 amide bonds. The van der Waals surface area contributed by atoms with Crippen LogP contribution >= 0.6 is 11.6 Å². The Hall–Kier alpha value is -2.62. The third kappa shape index (κ3) is 5.69. The number of carbonyl (C=O) groups is 1. The van der Waals surface area contributed by atoms with Gasteiger partial charge in [-0.25, -0.2) is 0 Å². The van der Waals surface area contributed by atoms with Gasteiger partial charge in [0.25, 0.3) is 0 Å². The van der Waals surface area contributed by atoms with Gasteiger partial charge in [-0.3, -0.25) is 4.79 Å². The lowest BCUT2D eigenvalue weighted by molar-refractivity contribution is -0.146. The number of carbonyl (C=O) groups excluding carboxylic acids is 1. The molecule has 150 valence electrons. The van der Waals surface area contributed by atoms with Gasteiger partial charge in [0.2, 0.25) is 0 Å². The van der Waals surface area contributed by atoms with Crippen molar-refractivity contribution >= 4 is 17.6 Å². The maximum absolute atomic E-state index is 12.8. The second-order valence-corrected chi connectivity index (χ2v) is 7.58. The molecule has 29 heavy (non-hydrogen) atoms. The van der Waals surface area contributed by atoms with Crippen LogP contribution in [0.4, 0.5) is 0 Å². The van der Waals surface area contributed by atoms with Gasteiger partial charge in [0.1, 0.15) is 0 Å². The van der Waals surface area contributed by atoms with Gasteiger partial charge in [-0.05, 0) is 42.2 Å². The molecule has 0 saturated carbocycles. The van der Waals surface area contributed by atoms with Crippen molar-refractivity contribution in [3.63, 3.8) is 0 Å². The van der Waals surface area contributed by atoms with Crippen molar-refractivity contribution in [2.24, 2.45) is 5.92 Å². The first kappa shape index (κ1) is 21.1. The van der Waals surface area contributed by atoms with Crippen LogP contribution in [0.3, 0.4) is 0 Å². The molecule has 0 heterocycles. The summed E-state index contributed by atoms with van der Waals surface area (Å²) in [5.74, 6) is -0.615. The first-order chi connectivity index (χ1) is 14.1. The number of ether oxygens (including phenoxy) is 1. The molecule has 3 nitrogen and oxygen atoms in total. The topological polar surface area (TPSA) is 38.3 Å². The van der Waals surface area contributed by atoms with Gasteiger partial charge < -0.3 is 10.1 Å². The molecular weight excluding hydrogens is 382 g/mol. The van der Waals surface area contributed by atoms with Crippen LogP contribution < -0.4 is 5.32 Å². The number of nitrogens with one attached hydrogen (secondary N) is 1. The Morgan fingerprint density at radius 3 is 2.07 bits per heavy atom. The Morgan fingerprint density at radius 1 is 0.897 bits per heavy atom. The van der Waals surface area contributed by atoms with E-state index in [-0.39, 0.29) is 24.0 Å². The minimum absolute atomic E-state index is 0.0554. The lowest BCUT2D eigenvalue weighted by atomic mass is 9.86. The predicted molar refractivity (Wildman–Crippen MR) is 118 cm³/mol. The third-order valence-electron chi connectivity index (χ3n) is 5.16. The zero-order chi connectivity index (χ0) is 20.6. The fraction of sp³-hybridized carbons (Fsp3) is 0.240. The van der Waals surface area contributed by atoms with Crippen molar-refractivity contribution in [1.82, 2.24) is 5.32 Å². The van der Waals surface area contributed by atoms with E-state index >= 15 is 0 Å². The summed E-state index contributed by atoms with van der Waals surface area (Å²) >= 11 is 6.11. The molecule has 0 radical (unpaired) electrons. The van der Waals surface area contributed by atoms with Crippen LogP contribution in [0.15, 0.2) is 84.9 Å². The number of esters is 1. The second kappa shape index (κ2) is 10.2. The average Bonchev–Trinajstić information content (AvgIpc) is 2.77. The molecule has 1 N–H and O–H groups in total. The number of benzene rings is 3. The summed E-state index contributed by atoms with van der Waals surface area (Å²) in [4.78, 5) is 12.8. The number of hydrogen-bond acceptors (Lipinski definition) is 3. The molecule has 0 aliphatic rings. The van der Waals surface area contributed by atoms with E-state index in [1.54, 1.807) is 0 Å². The number of rotatable bonds is 8. The van der Waals surface area contributed by atoms with Crippen molar-refractivity contribution in [2.45, 2.75) is 25.4 Å². The molecule has 3 aromatic carbocycles. The highest BCUT2D eigenvalue weighted by Gasteiger charge is 2.32. The van der Waals surface area contributed by atoms with Gasteiger partial charge in [-0.15, -0.1) is 0 Å². The van der Waals surface area contributed by atoms with Crippen LogP contribution in [0.5, 0.6) is 0 Å². The first-order valence-corrected chi connectivity index (χ1v) is 10.1. The van der Waals surface area contributed by atoms with E-state index in [4.69, 9.17) is 16.3 Å². The molecule has 3 aromatic rings. The smallest absolute Gasteiger partial charge is 0.310 e. The standard InChI is InChI=1S/C25H26ClNO2/c1-18(20-11-7-4-8-12-20)27-24(21-13-15-22(26)16-14-21)23(25(28)29-2)17-19-9-5-3-6-10-19/h3-16,18,23-24,27H,17H2,1-2H3/t18-,23+,24-/m1/s1. The zero-order valence-electron chi connectivity index (χ0n) is 16.7. The Kier molecular flexibility index (Phi) is 7.45. The maximum atomic E-state index is 12.8. The molecule has 0 bridgehead atoms. The third-order valence-corrected chi connectivity index (χ3v) is 5.41. The summed E-state index contributed by atoms with van der Waals surface area (Å²) in [6.45, 7) is 2.11. The molecule has 0 saturated heterocycles. The zero-order valence-corrected chi connectivity index (χ0v) is 17.5. The molecular formula is C25H26ClNO2. The summed E-state index contributed by atoms with van der Waals surface area (Å²) in [5.41, 5.74) is 3.26. The van der Waals surface area contributed by atoms with Crippen LogP contribution in [0.2, 0.25) is 5.02 Å². The highest BCUT2D eigenvalue weighted by Crippen LogP contribution is 2.30. The highest BCUT2D eigenvalue weighted by molar-refractivity contribution is 6.30. The van der Waals surface area contributed by atoms with Gasteiger partial charge >= 0.3 is 5.97 Å². The quantitative estimate of drug-likeness (QED) is 0.482. The second-order valence-electron chi connectivity index (χ2n) is 7.15. The van der Waals surface area contributed by atoms with Crippen molar-refractivity contribution in [3.05, 3.63) is 107 Å². The van der Waals surface area contributed by atoms with E-state index < -0.39 is 0 Å². The van der Waals surface area contributed by atoms with E-state index in [1.165, 1.54) is 7.11 Å². The predicted octanol–water partition coefficient (Wildman–Crippen LogP) is 5.76. The average molecular weight is 408 g/mol. The van der Waals surface area contributed by atoms with E-state index in [0.29, 0.717) is 11.4 Å². The van der Waals surface area contributed by atoms with E-state index in [2.05, 4.69) is 24.4 Å². The highest BCUT2D eigenvalue weighted by atomic mass is 35.5. The Morgan fingerprint density at radius 2 is 1.48 bits per heavy atom. The monoisotopic (exact) mass is 407 g/mol. The van der Waals surface area contributed by atoms with Gasteiger partial charge in [0, 0.05) is 17.1 Å². The molecule has 0 aromatic heterocycles. The minimum atomic E-state index is -0.380. The normalized spacial score (nSPS) is 14.0. The van der Waals surface area contributed by atoms with Gasteiger partial charge in [0.15, 0.2) is 0 Å². The van der Waals surface area contributed by atoms with Crippen LogP contribution in [-0.2, 0) is 16.0 Å². The fourth-order valence-corrected chi connectivity index (χ4v) is 3.70. The molecule has 0 fully saturated rings. The molecule has 0 aliphatic heterocycles. The molecule has 3 rings (SSSR count). The largest absolute Gasteiger partial charge is 0.469 e. The van der Waals surface area contributed by atoms with Gasteiger partial charge in [-0.1, -0.05) is 84.4 Å². The summed E-state index contributed by atoms with van der Waals surface area (Å²) in [6, 6.07) is 27.7. The van der Waals surface area contributed by atoms with Crippen molar-refractivity contribution in [3.8, 4) is 0 Å². The van der Waals surface area contributed by atoms with Crippen molar-refractivity contribution in [2.75, 3.05) is 7.11 Å². The molecule has 0 unspecified atom stereocenters. The summed E-state index contributed by atoms with van der Waals surface area (Å²) < 4.78 is 5.19. The first-order valence-electron chi connectivity index (χ1n) is 9.76. The van der Waals surface area contributed by atoms with Gasteiger partial charge in [-0.2, -0.15) is 0 Å². The SMILES string of the molecule is COC(=O)[C@@H](Cc1ccccc1)[C@H](N[C@H](C)c1ccccc1)c1ccc(Cl)cc1. The molecule has 3 atom stereocenters. The summed E-state index contributed by atoms with van der Waals surface area (Å²) in [6.07, 6.45) is 0.579. The lowest BCUT2D eigenvalue weighted by Gasteiger charge is -2.30. The van der Waals surface area contributed by atoms with E-state index in [1.807, 2.05) is 72.8 Å². The van der Waals surface area contributed by atoms with Gasteiger partial charge in [0.05, 0.1) is 13.0 Å². The number of methoxy groups -OCH3 is 1. The maximum Gasteiger partial charge on any atom is 0.310 e. The van der Waals surface area contributed by atoms with E-state index in [9.17, 15) is 4.79 Å². The minimum Gasteiger partial charge on any atom is -0.469 e. The van der Waals surface area contributed by atoms with Crippen molar-refractivity contribution < 1.29 is 9.53 Å².